The molecular weight excluding hydrogens is 224 g/mol. The van der Waals surface area contributed by atoms with E-state index in [2.05, 4.69) is 16.3 Å². The molecular formula is C15H20N2O. The van der Waals surface area contributed by atoms with Crippen molar-refractivity contribution in [1.82, 2.24) is 10.2 Å². The Hall–Kier alpha value is -1.51. The molecule has 1 heterocycles. The van der Waals surface area contributed by atoms with Crippen LogP contribution in [0.3, 0.4) is 0 Å². The molecule has 1 aromatic carbocycles. The Balaban J connectivity index is 1.96. The lowest BCUT2D eigenvalue weighted by Crippen LogP contribution is -1.98. The molecule has 0 bridgehead atoms. The van der Waals surface area contributed by atoms with Gasteiger partial charge in [-0.3, -0.25) is 5.10 Å². The molecule has 0 unspecified atom stereocenters. The van der Waals surface area contributed by atoms with E-state index in [1.54, 1.807) is 7.11 Å². The highest BCUT2D eigenvalue weighted by atomic mass is 16.5. The predicted octanol–water partition coefficient (Wildman–Crippen LogP) is 4.01. The molecule has 1 aliphatic rings. The topological polar surface area (TPSA) is 37.9 Å². The summed E-state index contributed by atoms with van der Waals surface area (Å²) in [6.45, 7) is 0. The van der Waals surface area contributed by atoms with Gasteiger partial charge in [-0.15, -0.1) is 0 Å². The average Bonchev–Trinajstić information content (AvgIpc) is 2.64. The van der Waals surface area contributed by atoms with Crippen LogP contribution in [0.2, 0.25) is 0 Å². The van der Waals surface area contributed by atoms with Crippen LogP contribution >= 0.6 is 0 Å². The molecule has 3 nitrogen and oxygen atoms in total. The molecule has 0 atom stereocenters. The van der Waals surface area contributed by atoms with Crippen LogP contribution in [-0.2, 0) is 0 Å². The van der Waals surface area contributed by atoms with E-state index in [4.69, 9.17) is 4.74 Å². The molecule has 3 heteroatoms. The monoisotopic (exact) mass is 244 g/mol. The Morgan fingerprint density at radius 1 is 1.17 bits per heavy atom. The van der Waals surface area contributed by atoms with E-state index in [1.165, 1.54) is 49.6 Å². The highest BCUT2D eigenvalue weighted by molar-refractivity contribution is 5.83. The Bertz CT molecular complexity index is 524. The van der Waals surface area contributed by atoms with E-state index < -0.39 is 0 Å². The number of aromatic nitrogens is 2. The number of fused-ring (bicyclic) bond motifs is 1. The van der Waals surface area contributed by atoms with Crippen molar-refractivity contribution in [3.8, 4) is 5.75 Å². The van der Waals surface area contributed by atoms with Crippen molar-refractivity contribution in [3.05, 3.63) is 23.9 Å². The highest BCUT2D eigenvalue weighted by Crippen LogP contribution is 2.34. The fourth-order valence-electron chi connectivity index (χ4n) is 3.01. The fraction of sp³-hybridized carbons (Fsp3) is 0.533. The summed E-state index contributed by atoms with van der Waals surface area (Å²) in [6.07, 6.45) is 8.02. The van der Waals surface area contributed by atoms with Gasteiger partial charge < -0.3 is 4.74 Å². The number of benzene rings is 1. The van der Waals surface area contributed by atoms with Gasteiger partial charge in [0.1, 0.15) is 5.75 Å². The number of H-pyrrole nitrogens is 1. The molecule has 2 aromatic rings. The van der Waals surface area contributed by atoms with Gasteiger partial charge in [-0.05, 0) is 25.0 Å². The van der Waals surface area contributed by atoms with Crippen molar-refractivity contribution in [2.24, 2.45) is 0 Å². The second-order valence-corrected chi connectivity index (χ2v) is 5.21. The van der Waals surface area contributed by atoms with E-state index in [9.17, 15) is 0 Å². The largest absolute Gasteiger partial charge is 0.497 e. The van der Waals surface area contributed by atoms with Crippen molar-refractivity contribution in [3.63, 3.8) is 0 Å². The number of nitrogens with one attached hydrogen (secondary N) is 1. The van der Waals surface area contributed by atoms with E-state index in [-0.39, 0.29) is 0 Å². The number of methoxy groups -OCH3 is 1. The lowest BCUT2D eigenvalue weighted by molar-refractivity contribution is 0.415. The molecule has 1 fully saturated rings. The molecule has 0 aliphatic heterocycles. The zero-order chi connectivity index (χ0) is 12.4. The highest BCUT2D eigenvalue weighted by Gasteiger charge is 2.19. The van der Waals surface area contributed by atoms with E-state index in [1.807, 2.05) is 12.1 Å². The molecule has 1 saturated carbocycles. The summed E-state index contributed by atoms with van der Waals surface area (Å²) in [6, 6.07) is 6.19. The van der Waals surface area contributed by atoms with Crippen LogP contribution in [-0.4, -0.2) is 17.3 Å². The first-order chi connectivity index (χ1) is 8.88. The molecule has 1 aliphatic carbocycles. The van der Waals surface area contributed by atoms with Crippen LogP contribution in [0.5, 0.6) is 5.75 Å². The van der Waals surface area contributed by atoms with E-state index >= 15 is 0 Å². The normalized spacial score (nSPS) is 17.8. The summed E-state index contributed by atoms with van der Waals surface area (Å²) in [4.78, 5) is 0. The third-order valence-electron chi connectivity index (χ3n) is 4.04. The summed E-state index contributed by atoms with van der Waals surface area (Å²) in [7, 11) is 1.70. The second-order valence-electron chi connectivity index (χ2n) is 5.21. The van der Waals surface area contributed by atoms with Crippen molar-refractivity contribution in [2.75, 3.05) is 7.11 Å². The Morgan fingerprint density at radius 3 is 2.67 bits per heavy atom. The molecule has 1 N–H and O–H groups in total. The molecule has 96 valence electrons. The SMILES string of the molecule is COc1ccc2c(C3CCCCCC3)n[nH]c2c1. The smallest absolute Gasteiger partial charge is 0.121 e. The summed E-state index contributed by atoms with van der Waals surface area (Å²) >= 11 is 0. The molecule has 1 aromatic heterocycles. The van der Waals surface area contributed by atoms with Gasteiger partial charge in [0.05, 0.1) is 18.3 Å². The predicted molar refractivity (Wildman–Crippen MR) is 73.1 cm³/mol. The Kier molecular flexibility index (Phi) is 3.22. The molecule has 0 spiro atoms. The van der Waals surface area contributed by atoms with Gasteiger partial charge in [0.15, 0.2) is 0 Å². The maximum atomic E-state index is 5.25. The van der Waals surface area contributed by atoms with Gasteiger partial charge in [-0.1, -0.05) is 25.7 Å². The van der Waals surface area contributed by atoms with Crippen molar-refractivity contribution >= 4 is 10.9 Å². The number of ether oxygens (including phenoxy) is 1. The zero-order valence-corrected chi connectivity index (χ0v) is 10.9. The van der Waals surface area contributed by atoms with Crippen LogP contribution in [0.25, 0.3) is 10.9 Å². The molecule has 0 saturated heterocycles. The van der Waals surface area contributed by atoms with Crippen LogP contribution < -0.4 is 4.74 Å². The lowest BCUT2D eigenvalue weighted by atomic mass is 9.94. The van der Waals surface area contributed by atoms with Crippen molar-refractivity contribution in [2.45, 2.75) is 44.4 Å². The third kappa shape index (κ3) is 2.09. The molecule has 0 amide bonds. The third-order valence-corrected chi connectivity index (χ3v) is 4.04. The number of rotatable bonds is 2. The minimum absolute atomic E-state index is 0.634. The number of aromatic amines is 1. The first-order valence-electron chi connectivity index (χ1n) is 6.90. The summed E-state index contributed by atoms with van der Waals surface area (Å²) < 4.78 is 5.25. The Morgan fingerprint density at radius 2 is 1.94 bits per heavy atom. The van der Waals surface area contributed by atoms with Gasteiger partial charge in [0.2, 0.25) is 0 Å². The number of hydrogen-bond donors (Lipinski definition) is 1. The molecule has 3 rings (SSSR count). The van der Waals surface area contributed by atoms with Gasteiger partial charge >= 0.3 is 0 Å². The van der Waals surface area contributed by atoms with Crippen LogP contribution in [0.1, 0.15) is 50.1 Å². The zero-order valence-electron chi connectivity index (χ0n) is 10.9. The van der Waals surface area contributed by atoms with Crippen LogP contribution in [0, 0.1) is 0 Å². The van der Waals surface area contributed by atoms with E-state index in [0.717, 1.165) is 11.3 Å². The van der Waals surface area contributed by atoms with Gasteiger partial charge in [-0.25, -0.2) is 0 Å². The molecule has 18 heavy (non-hydrogen) atoms. The summed E-state index contributed by atoms with van der Waals surface area (Å²) in [5.41, 5.74) is 2.35. The fourth-order valence-corrected chi connectivity index (χ4v) is 3.01. The number of hydrogen-bond acceptors (Lipinski definition) is 2. The standard InChI is InChI=1S/C15H20N2O/c1-18-12-8-9-13-14(10-12)16-17-15(13)11-6-4-2-3-5-7-11/h8-11H,2-7H2,1H3,(H,16,17). The average molecular weight is 244 g/mol. The maximum absolute atomic E-state index is 5.25. The number of nitrogens with zero attached hydrogens (tertiary/aromatic N) is 1. The van der Waals surface area contributed by atoms with Crippen LogP contribution in [0.4, 0.5) is 0 Å². The maximum Gasteiger partial charge on any atom is 0.121 e. The first kappa shape index (κ1) is 11.6. The Labute approximate surface area is 108 Å². The van der Waals surface area contributed by atoms with Gasteiger partial charge in [0.25, 0.3) is 0 Å². The summed E-state index contributed by atoms with van der Waals surface area (Å²) in [5.74, 6) is 1.52. The second kappa shape index (κ2) is 5.01. The summed E-state index contributed by atoms with van der Waals surface area (Å²) in [5, 5.41) is 8.97. The van der Waals surface area contributed by atoms with Crippen LogP contribution in [0.15, 0.2) is 18.2 Å². The van der Waals surface area contributed by atoms with Crippen molar-refractivity contribution < 1.29 is 4.74 Å². The minimum Gasteiger partial charge on any atom is -0.497 e. The quantitative estimate of drug-likeness (QED) is 0.810. The minimum atomic E-state index is 0.634. The lowest BCUT2D eigenvalue weighted by Gasteiger charge is -2.11. The van der Waals surface area contributed by atoms with Gasteiger partial charge in [0, 0.05) is 17.4 Å². The van der Waals surface area contributed by atoms with Gasteiger partial charge in [-0.2, -0.15) is 5.10 Å². The molecule has 0 radical (unpaired) electrons. The van der Waals surface area contributed by atoms with E-state index in [0.29, 0.717) is 5.92 Å². The van der Waals surface area contributed by atoms with Crippen molar-refractivity contribution in [1.29, 1.82) is 0 Å². The first-order valence-corrected chi connectivity index (χ1v) is 6.90.